The molecule has 1 N–H and O–H groups in total. The zero-order chi connectivity index (χ0) is 24.1. The minimum Gasteiger partial charge on any atom is -0.352 e. The number of aromatic nitrogens is 3. The average molecular weight is 483 g/mol. The fourth-order valence-corrected chi connectivity index (χ4v) is 5.63. The molecule has 0 bridgehead atoms. The minimum absolute atomic E-state index is 0.0204. The topological polar surface area (TPSA) is 68.9 Å². The Morgan fingerprint density at radius 2 is 1.74 bits per heavy atom. The molecule has 176 valence electrons. The van der Waals surface area contributed by atoms with Crippen LogP contribution in [0.5, 0.6) is 0 Å². The number of benzene rings is 3. The number of nitrogens with zero attached hydrogens (tertiary/aromatic N) is 3. The van der Waals surface area contributed by atoms with Gasteiger partial charge in [0.1, 0.15) is 0 Å². The van der Waals surface area contributed by atoms with Crippen molar-refractivity contribution in [3.63, 3.8) is 0 Å². The molecule has 35 heavy (non-hydrogen) atoms. The molecule has 0 saturated heterocycles. The predicted molar refractivity (Wildman–Crippen MR) is 142 cm³/mol. The molecular weight excluding hydrogens is 456 g/mol. The second-order valence-corrected chi connectivity index (χ2v) is 10.4. The van der Waals surface area contributed by atoms with Gasteiger partial charge in [-0.25, -0.2) is 4.98 Å². The molecule has 1 amide bonds. The van der Waals surface area contributed by atoms with Gasteiger partial charge in [0.05, 0.1) is 21.8 Å². The SMILES string of the molecule is CCn1c2ccccc2c2cc(-n3c(SC(C)C(=O)NC4CC4)nc4ccccc4c3=O)ccc21. The number of para-hydroxylation sites is 2. The van der Waals surface area contributed by atoms with Gasteiger partial charge in [0, 0.05) is 34.4 Å². The Bertz CT molecular complexity index is 1670. The Labute approximate surface area is 207 Å². The first kappa shape index (κ1) is 21.9. The van der Waals surface area contributed by atoms with Crippen LogP contribution in [0.3, 0.4) is 0 Å². The van der Waals surface area contributed by atoms with E-state index in [2.05, 4.69) is 47.1 Å². The number of hydrogen-bond acceptors (Lipinski definition) is 4. The fraction of sp³-hybridized carbons (Fsp3) is 0.250. The molecule has 2 aromatic heterocycles. The summed E-state index contributed by atoms with van der Waals surface area (Å²) < 4.78 is 3.95. The van der Waals surface area contributed by atoms with E-state index in [9.17, 15) is 9.59 Å². The largest absolute Gasteiger partial charge is 0.352 e. The summed E-state index contributed by atoms with van der Waals surface area (Å²) in [6.45, 7) is 4.86. The van der Waals surface area contributed by atoms with Crippen LogP contribution in [0.25, 0.3) is 38.4 Å². The molecule has 5 aromatic rings. The van der Waals surface area contributed by atoms with Crippen LogP contribution in [-0.4, -0.2) is 31.3 Å². The molecule has 0 spiro atoms. The van der Waals surface area contributed by atoms with Crippen LogP contribution in [0.15, 0.2) is 76.7 Å². The molecule has 1 saturated carbocycles. The maximum atomic E-state index is 13.8. The highest BCUT2D eigenvalue weighted by atomic mass is 32.2. The first-order valence-corrected chi connectivity index (χ1v) is 12.9. The third-order valence-electron chi connectivity index (χ3n) is 6.65. The highest BCUT2D eigenvalue weighted by molar-refractivity contribution is 8.00. The molecule has 6 rings (SSSR count). The zero-order valence-corrected chi connectivity index (χ0v) is 20.5. The number of rotatable bonds is 6. The third kappa shape index (κ3) is 3.80. The monoisotopic (exact) mass is 482 g/mol. The van der Waals surface area contributed by atoms with Crippen molar-refractivity contribution in [2.45, 2.75) is 49.7 Å². The highest BCUT2D eigenvalue weighted by Gasteiger charge is 2.27. The van der Waals surface area contributed by atoms with Crippen molar-refractivity contribution < 1.29 is 4.79 Å². The summed E-state index contributed by atoms with van der Waals surface area (Å²) in [5.74, 6) is -0.0204. The van der Waals surface area contributed by atoms with Gasteiger partial charge in [0.25, 0.3) is 5.56 Å². The molecular formula is C28H26N4O2S. The van der Waals surface area contributed by atoms with E-state index in [0.717, 1.165) is 41.4 Å². The Morgan fingerprint density at radius 3 is 2.51 bits per heavy atom. The quantitative estimate of drug-likeness (QED) is 0.264. The second kappa shape index (κ2) is 8.57. The van der Waals surface area contributed by atoms with Crippen LogP contribution in [0.1, 0.15) is 26.7 Å². The van der Waals surface area contributed by atoms with Gasteiger partial charge in [-0.05, 0) is 63.1 Å². The van der Waals surface area contributed by atoms with Crippen LogP contribution in [0.4, 0.5) is 0 Å². The van der Waals surface area contributed by atoms with E-state index in [0.29, 0.717) is 16.1 Å². The minimum atomic E-state index is -0.374. The fourth-order valence-electron chi connectivity index (χ4n) is 4.70. The lowest BCUT2D eigenvalue weighted by molar-refractivity contribution is -0.120. The number of amides is 1. The van der Waals surface area contributed by atoms with Crippen molar-refractivity contribution in [3.05, 3.63) is 77.1 Å². The molecule has 1 aliphatic carbocycles. The Hall–Kier alpha value is -3.58. The van der Waals surface area contributed by atoms with Gasteiger partial charge < -0.3 is 9.88 Å². The summed E-state index contributed by atoms with van der Waals surface area (Å²) in [7, 11) is 0. The van der Waals surface area contributed by atoms with E-state index in [4.69, 9.17) is 4.98 Å². The Kier molecular flexibility index (Phi) is 5.37. The van der Waals surface area contributed by atoms with E-state index >= 15 is 0 Å². The molecule has 1 unspecified atom stereocenters. The summed E-state index contributed by atoms with van der Waals surface area (Å²) in [6.07, 6.45) is 2.07. The predicted octanol–water partition coefficient (Wildman–Crippen LogP) is 5.27. The first-order valence-electron chi connectivity index (χ1n) is 12.1. The summed E-state index contributed by atoms with van der Waals surface area (Å²) in [6, 6.07) is 22.1. The van der Waals surface area contributed by atoms with Gasteiger partial charge in [-0.2, -0.15) is 0 Å². The molecule has 1 aliphatic rings. The van der Waals surface area contributed by atoms with Gasteiger partial charge in [-0.3, -0.25) is 14.2 Å². The van der Waals surface area contributed by atoms with Gasteiger partial charge in [0.15, 0.2) is 5.16 Å². The standard InChI is InChI=1S/C28H26N4O2S/c1-3-31-24-11-7-5-8-20(24)22-16-19(14-15-25(22)31)32-27(34)21-9-4-6-10-23(21)30-28(32)35-17(2)26(33)29-18-12-13-18/h4-11,14-18H,3,12-13H2,1-2H3,(H,29,33). The second-order valence-electron chi connectivity index (χ2n) is 9.06. The van der Waals surface area contributed by atoms with Crippen molar-refractivity contribution >= 4 is 50.4 Å². The summed E-state index contributed by atoms with van der Waals surface area (Å²) >= 11 is 1.33. The maximum Gasteiger partial charge on any atom is 0.266 e. The lowest BCUT2D eigenvalue weighted by Gasteiger charge is -2.16. The molecule has 3 aromatic carbocycles. The van der Waals surface area contributed by atoms with E-state index in [-0.39, 0.29) is 22.8 Å². The Morgan fingerprint density at radius 1 is 1.03 bits per heavy atom. The highest BCUT2D eigenvalue weighted by Crippen LogP contribution is 2.32. The van der Waals surface area contributed by atoms with E-state index in [1.54, 1.807) is 10.6 Å². The van der Waals surface area contributed by atoms with Crippen molar-refractivity contribution in [1.29, 1.82) is 0 Å². The van der Waals surface area contributed by atoms with Crippen LogP contribution < -0.4 is 10.9 Å². The summed E-state index contributed by atoms with van der Waals surface area (Å²) in [5.41, 5.74) is 3.55. The molecule has 1 fully saturated rings. The van der Waals surface area contributed by atoms with Crippen molar-refractivity contribution in [2.24, 2.45) is 0 Å². The van der Waals surface area contributed by atoms with Gasteiger partial charge in [-0.15, -0.1) is 0 Å². The first-order chi connectivity index (χ1) is 17.0. The van der Waals surface area contributed by atoms with Crippen molar-refractivity contribution in [2.75, 3.05) is 0 Å². The van der Waals surface area contributed by atoms with Gasteiger partial charge in [-0.1, -0.05) is 42.1 Å². The van der Waals surface area contributed by atoms with E-state index < -0.39 is 0 Å². The van der Waals surface area contributed by atoms with Crippen LogP contribution in [0, 0.1) is 0 Å². The summed E-state index contributed by atoms with van der Waals surface area (Å²) in [5, 5.41) is 6.01. The zero-order valence-electron chi connectivity index (χ0n) is 19.7. The number of carbonyl (C=O) groups excluding carboxylic acids is 1. The number of nitrogens with one attached hydrogen (secondary N) is 1. The molecule has 1 atom stereocenters. The van der Waals surface area contributed by atoms with Crippen LogP contribution in [0.2, 0.25) is 0 Å². The lowest BCUT2D eigenvalue weighted by atomic mass is 10.1. The number of fused-ring (bicyclic) bond motifs is 4. The normalized spacial score (nSPS) is 14.6. The van der Waals surface area contributed by atoms with E-state index in [1.807, 2.05) is 37.3 Å². The molecule has 0 radical (unpaired) electrons. The smallest absolute Gasteiger partial charge is 0.266 e. The third-order valence-corrected chi connectivity index (χ3v) is 7.70. The van der Waals surface area contributed by atoms with Gasteiger partial charge in [0.2, 0.25) is 5.91 Å². The van der Waals surface area contributed by atoms with Crippen LogP contribution >= 0.6 is 11.8 Å². The number of aryl methyl sites for hydroxylation is 1. The van der Waals surface area contributed by atoms with E-state index in [1.165, 1.54) is 17.3 Å². The molecule has 6 nitrogen and oxygen atoms in total. The summed E-state index contributed by atoms with van der Waals surface area (Å²) in [4.78, 5) is 31.3. The van der Waals surface area contributed by atoms with Gasteiger partial charge >= 0.3 is 0 Å². The Balaban J connectivity index is 1.54. The van der Waals surface area contributed by atoms with Crippen molar-refractivity contribution in [1.82, 2.24) is 19.4 Å². The molecule has 7 heteroatoms. The number of carbonyl (C=O) groups is 1. The number of hydrogen-bond donors (Lipinski definition) is 1. The van der Waals surface area contributed by atoms with Crippen molar-refractivity contribution in [3.8, 4) is 5.69 Å². The molecule has 2 heterocycles. The molecule has 0 aliphatic heterocycles. The number of thioether (sulfide) groups is 1. The van der Waals surface area contributed by atoms with Crippen LogP contribution in [-0.2, 0) is 11.3 Å². The average Bonchev–Trinajstić information content (AvgIpc) is 3.63. The maximum absolute atomic E-state index is 13.8. The lowest BCUT2D eigenvalue weighted by Crippen LogP contribution is -2.33.